The molecule has 20 heavy (non-hydrogen) atoms. The van der Waals surface area contributed by atoms with E-state index in [0.29, 0.717) is 28.5 Å². The van der Waals surface area contributed by atoms with Gasteiger partial charge in [0, 0.05) is 19.1 Å². The summed E-state index contributed by atoms with van der Waals surface area (Å²) >= 11 is 12.0. The summed E-state index contributed by atoms with van der Waals surface area (Å²) in [7, 11) is 2.00. The van der Waals surface area contributed by atoms with E-state index in [4.69, 9.17) is 28.9 Å². The van der Waals surface area contributed by atoms with Gasteiger partial charge in [0.25, 0.3) is 0 Å². The second-order valence-corrected chi connectivity index (χ2v) is 6.31. The molecular weight excluding hydrogens is 293 g/mol. The molecule has 5 heteroatoms. The average molecular weight is 316 g/mol. The molecule has 1 aliphatic heterocycles. The summed E-state index contributed by atoms with van der Waals surface area (Å²) in [6.45, 7) is 3.89. The Kier molecular flexibility index (Phi) is 6.12. The molecule has 1 fully saturated rings. The molecule has 1 aromatic carbocycles. The van der Waals surface area contributed by atoms with E-state index < -0.39 is 0 Å². The van der Waals surface area contributed by atoms with Crippen molar-refractivity contribution in [3.63, 3.8) is 0 Å². The van der Waals surface area contributed by atoms with E-state index in [1.165, 1.54) is 18.4 Å². The largest absolute Gasteiger partial charge is 0.329 e. The normalized spacial score (nSPS) is 19.2. The monoisotopic (exact) mass is 315 g/mol. The van der Waals surface area contributed by atoms with Gasteiger partial charge in [0.05, 0.1) is 10.0 Å². The lowest BCUT2D eigenvalue weighted by atomic mass is 9.89. The zero-order chi connectivity index (χ0) is 14.5. The smallest absolute Gasteiger partial charge is 0.0595 e. The lowest BCUT2D eigenvalue weighted by Crippen LogP contribution is -2.45. The van der Waals surface area contributed by atoms with Crippen molar-refractivity contribution >= 4 is 23.2 Å². The lowest BCUT2D eigenvalue weighted by Gasteiger charge is -2.35. The van der Waals surface area contributed by atoms with Gasteiger partial charge in [-0.3, -0.25) is 4.90 Å². The van der Waals surface area contributed by atoms with Crippen LogP contribution >= 0.6 is 23.2 Å². The zero-order valence-electron chi connectivity index (χ0n) is 11.9. The molecule has 1 heterocycles. The van der Waals surface area contributed by atoms with Crippen LogP contribution in [0, 0.1) is 5.92 Å². The number of hydrogen-bond acceptors (Lipinski definition) is 3. The van der Waals surface area contributed by atoms with Crippen molar-refractivity contribution < 1.29 is 0 Å². The molecule has 0 saturated carbocycles. The standard InChI is InChI=1S/C15H23Cl2N3/c1-19-15(9-18)12-4-6-20(7-5-12)10-11-2-3-13(16)14(17)8-11/h2-3,8,12,15,19H,4-7,9-10,18H2,1H3. The van der Waals surface area contributed by atoms with E-state index in [1.54, 1.807) is 0 Å². The van der Waals surface area contributed by atoms with E-state index in [-0.39, 0.29) is 0 Å². The SMILES string of the molecule is CNC(CN)C1CCN(Cc2ccc(Cl)c(Cl)c2)CC1. The molecule has 3 N–H and O–H groups in total. The molecule has 1 aliphatic rings. The Labute approximate surface area is 131 Å². The fourth-order valence-electron chi connectivity index (χ4n) is 2.96. The van der Waals surface area contributed by atoms with Crippen molar-refractivity contribution in [3.8, 4) is 0 Å². The van der Waals surface area contributed by atoms with Crippen LogP contribution in [0.3, 0.4) is 0 Å². The summed E-state index contributed by atoms with van der Waals surface area (Å²) in [5.41, 5.74) is 7.02. The third kappa shape index (κ3) is 4.09. The Morgan fingerprint density at radius 3 is 2.55 bits per heavy atom. The highest BCUT2D eigenvalue weighted by Gasteiger charge is 2.24. The number of rotatable bonds is 5. The number of likely N-dealkylation sites (tertiary alicyclic amines) is 1. The topological polar surface area (TPSA) is 41.3 Å². The Balaban J connectivity index is 1.86. The van der Waals surface area contributed by atoms with Gasteiger partial charge in [0.1, 0.15) is 0 Å². The fraction of sp³-hybridized carbons (Fsp3) is 0.600. The maximum absolute atomic E-state index is 6.06. The van der Waals surface area contributed by atoms with E-state index in [9.17, 15) is 0 Å². The van der Waals surface area contributed by atoms with E-state index in [0.717, 1.165) is 19.6 Å². The van der Waals surface area contributed by atoms with Crippen LogP contribution in [-0.2, 0) is 6.54 Å². The minimum Gasteiger partial charge on any atom is -0.329 e. The first-order valence-corrected chi connectivity index (χ1v) is 7.93. The number of piperidine rings is 1. The first kappa shape index (κ1) is 16.1. The van der Waals surface area contributed by atoms with Gasteiger partial charge in [-0.15, -0.1) is 0 Å². The number of nitrogens with one attached hydrogen (secondary N) is 1. The number of halogens is 2. The van der Waals surface area contributed by atoms with Gasteiger partial charge in [-0.05, 0) is 56.6 Å². The second-order valence-electron chi connectivity index (χ2n) is 5.49. The molecule has 0 bridgehead atoms. The van der Waals surface area contributed by atoms with Crippen LogP contribution in [0.1, 0.15) is 18.4 Å². The third-order valence-electron chi connectivity index (χ3n) is 4.22. The summed E-state index contributed by atoms with van der Waals surface area (Å²) in [6.07, 6.45) is 2.40. The maximum atomic E-state index is 6.06. The summed E-state index contributed by atoms with van der Waals surface area (Å²) in [4.78, 5) is 2.47. The van der Waals surface area contributed by atoms with Gasteiger partial charge >= 0.3 is 0 Å². The van der Waals surface area contributed by atoms with Crippen molar-refractivity contribution in [2.75, 3.05) is 26.7 Å². The van der Waals surface area contributed by atoms with Gasteiger partial charge in [-0.25, -0.2) is 0 Å². The van der Waals surface area contributed by atoms with Crippen molar-refractivity contribution in [2.24, 2.45) is 11.7 Å². The van der Waals surface area contributed by atoms with Crippen molar-refractivity contribution in [2.45, 2.75) is 25.4 Å². The molecular formula is C15H23Cl2N3. The minimum absolute atomic E-state index is 0.446. The predicted molar refractivity (Wildman–Crippen MR) is 86.4 cm³/mol. The number of nitrogens with zero attached hydrogens (tertiary/aromatic N) is 1. The average Bonchev–Trinajstić information content (AvgIpc) is 2.46. The van der Waals surface area contributed by atoms with E-state index in [1.807, 2.05) is 19.2 Å². The second kappa shape index (κ2) is 7.62. The van der Waals surface area contributed by atoms with Gasteiger partial charge in [-0.2, -0.15) is 0 Å². The Morgan fingerprint density at radius 2 is 2.00 bits per heavy atom. The van der Waals surface area contributed by atoms with Gasteiger partial charge in [-0.1, -0.05) is 29.3 Å². The summed E-state index contributed by atoms with van der Waals surface area (Å²) in [6, 6.07) is 6.34. The first-order chi connectivity index (χ1) is 9.63. The molecule has 0 aliphatic carbocycles. The molecule has 1 saturated heterocycles. The molecule has 1 unspecified atom stereocenters. The van der Waals surface area contributed by atoms with Gasteiger partial charge < -0.3 is 11.1 Å². The van der Waals surface area contributed by atoms with E-state index in [2.05, 4.69) is 16.3 Å². The quantitative estimate of drug-likeness (QED) is 0.878. The van der Waals surface area contributed by atoms with Crippen LogP contribution < -0.4 is 11.1 Å². The fourth-order valence-corrected chi connectivity index (χ4v) is 3.28. The van der Waals surface area contributed by atoms with Crippen LogP contribution in [-0.4, -0.2) is 37.6 Å². The summed E-state index contributed by atoms with van der Waals surface area (Å²) in [5, 5.41) is 4.58. The van der Waals surface area contributed by atoms with Crippen molar-refractivity contribution in [3.05, 3.63) is 33.8 Å². The number of hydrogen-bond donors (Lipinski definition) is 2. The molecule has 1 atom stereocenters. The minimum atomic E-state index is 0.446. The number of benzene rings is 1. The van der Waals surface area contributed by atoms with Crippen LogP contribution in [0.4, 0.5) is 0 Å². The predicted octanol–water partition coefficient (Wildman–Crippen LogP) is 2.75. The van der Waals surface area contributed by atoms with Gasteiger partial charge in [0.15, 0.2) is 0 Å². The van der Waals surface area contributed by atoms with E-state index >= 15 is 0 Å². The summed E-state index contributed by atoms with van der Waals surface area (Å²) < 4.78 is 0. The van der Waals surface area contributed by atoms with Crippen LogP contribution in [0.5, 0.6) is 0 Å². The van der Waals surface area contributed by atoms with Crippen molar-refractivity contribution in [1.82, 2.24) is 10.2 Å². The van der Waals surface area contributed by atoms with Crippen LogP contribution in [0.25, 0.3) is 0 Å². The number of nitrogens with two attached hydrogens (primary N) is 1. The molecule has 2 rings (SSSR count). The Morgan fingerprint density at radius 1 is 1.30 bits per heavy atom. The molecule has 3 nitrogen and oxygen atoms in total. The Hall–Kier alpha value is -0.320. The lowest BCUT2D eigenvalue weighted by molar-refractivity contribution is 0.156. The van der Waals surface area contributed by atoms with Crippen LogP contribution in [0.15, 0.2) is 18.2 Å². The molecule has 0 spiro atoms. The van der Waals surface area contributed by atoms with Crippen molar-refractivity contribution in [1.29, 1.82) is 0 Å². The zero-order valence-corrected chi connectivity index (χ0v) is 13.4. The molecule has 0 aromatic heterocycles. The highest BCUT2D eigenvalue weighted by Crippen LogP contribution is 2.25. The third-order valence-corrected chi connectivity index (χ3v) is 4.96. The maximum Gasteiger partial charge on any atom is 0.0595 e. The highest BCUT2D eigenvalue weighted by atomic mass is 35.5. The molecule has 0 radical (unpaired) electrons. The molecule has 1 aromatic rings. The highest BCUT2D eigenvalue weighted by molar-refractivity contribution is 6.42. The first-order valence-electron chi connectivity index (χ1n) is 7.17. The molecule has 0 amide bonds. The summed E-state index contributed by atoms with van der Waals surface area (Å²) in [5.74, 6) is 0.690. The molecule has 112 valence electrons. The number of likely N-dealkylation sites (N-methyl/N-ethyl adjacent to an activating group) is 1. The van der Waals surface area contributed by atoms with Gasteiger partial charge in [0.2, 0.25) is 0 Å². The van der Waals surface area contributed by atoms with Crippen LogP contribution in [0.2, 0.25) is 10.0 Å². The Bertz CT molecular complexity index is 427.